The van der Waals surface area contributed by atoms with Gasteiger partial charge in [0.15, 0.2) is 0 Å². The predicted octanol–water partition coefficient (Wildman–Crippen LogP) is -0.620. The normalized spacial score (nSPS) is 10.5. The zero-order valence-electron chi connectivity index (χ0n) is 9.98. The van der Waals surface area contributed by atoms with Crippen molar-refractivity contribution in [2.24, 2.45) is 7.05 Å². The van der Waals surface area contributed by atoms with Gasteiger partial charge in [0.1, 0.15) is 18.7 Å². The molecule has 0 aliphatic rings. The lowest BCUT2D eigenvalue weighted by molar-refractivity contribution is -0.144. The Morgan fingerprint density at radius 2 is 2.33 bits per heavy atom. The Morgan fingerprint density at radius 3 is 2.94 bits per heavy atom. The fourth-order valence-electron chi connectivity index (χ4n) is 1.46. The second-order valence-electron chi connectivity index (χ2n) is 3.73. The quantitative estimate of drug-likeness (QED) is 0.710. The monoisotopic (exact) mass is 250 g/mol. The number of aryl methyl sites for hydroxylation is 1. The van der Waals surface area contributed by atoms with E-state index in [1.165, 1.54) is 11.0 Å². The van der Waals surface area contributed by atoms with E-state index in [2.05, 4.69) is 15.1 Å². The number of anilines is 1. The van der Waals surface area contributed by atoms with Crippen molar-refractivity contribution in [3.63, 3.8) is 0 Å². The molecule has 96 valence electrons. The largest absolute Gasteiger partial charge is 0.464 e. The molecule has 0 amide bonds. The third-order valence-electron chi connectivity index (χ3n) is 2.35. The van der Waals surface area contributed by atoms with Gasteiger partial charge in [-0.1, -0.05) is 0 Å². The number of hydrogen-bond acceptors (Lipinski definition) is 6. The number of imidazole rings is 1. The number of hydrogen-bond donors (Lipinski definition) is 1. The molecule has 2 aromatic rings. The van der Waals surface area contributed by atoms with Crippen molar-refractivity contribution in [1.29, 1.82) is 0 Å². The molecule has 0 aliphatic heterocycles. The number of carbonyl (C=O) groups is 1. The number of aromatic nitrogens is 5. The molecule has 0 saturated heterocycles. The van der Waals surface area contributed by atoms with Gasteiger partial charge in [-0.05, 0) is 0 Å². The first-order valence-electron chi connectivity index (χ1n) is 5.42. The summed E-state index contributed by atoms with van der Waals surface area (Å²) in [6, 6.07) is 0. The average molecular weight is 250 g/mol. The highest BCUT2D eigenvalue weighted by Gasteiger charge is 2.07. The molecule has 2 N–H and O–H groups in total. The van der Waals surface area contributed by atoms with E-state index < -0.39 is 0 Å². The van der Waals surface area contributed by atoms with Gasteiger partial charge in [-0.2, -0.15) is 0 Å². The molecule has 0 bridgehead atoms. The van der Waals surface area contributed by atoms with Crippen LogP contribution in [0.5, 0.6) is 0 Å². The molecule has 2 aromatic heterocycles. The summed E-state index contributed by atoms with van der Waals surface area (Å²) in [5.74, 6) is 0.623. The van der Waals surface area contributed by atoms with Crippen LogP contribution in [0, 0.1) is 0 Å². The summed E-state index contributed by atoms with van der Waals surface area (Å²) < 4.78 is 8.27. The topological polar surface area (TPSA) is 101 Å². The van der Waals surface area contributed by atoms with Crippen molar-refractivity contribution in [2.75, 3.05) is 12.3 Å². The minimum atomic E-state index is -0.380. The van der Waals surface area contributed by atoms with Gasteiger partial charge in [0.05, 0.1) is 6.61 Å². The van der Waals surface area contributed by atoms with E-state index in [1.54, 1.807) is 6.20 Å². The van der Waals surface area contributed by atoms with E-state index in [-0.39, 0.29) is 25.1 Å². The first-order chi connectivity index (χ1) is 8.65. The number of esters is 1. The van der Waals surface area contributed by atoms with Crippen LogP contribution in [0.1, 0.15) is 5.82 Å². The molecule has 0 radical (unpaired) electrons. The fourth-order valence-corrected chi connectivity index (χ4v) is 1.46. The van der Waals surface area contributed by atoms with Gasteiger partial charge in [0, 0.05) is 25.9 Å². The molecule has 0 saturated carbocycles. The molecule has 0 aliphatic carbocycles. The van der Waals surface area contributed by atoms with Gasteiger partial charge in [0.25, 0.3) is 0 Å². The van der Waals surface area contributed by atoms with Gasteiger partial charge in [-0.15, -0.1) is 5.10 Å². The number of nitrogens with zero attached hydrogens (tertiary/aromatic N) is 5. The maximum atomic E-state index is 11.5. The van der Waals surface area contributed by atoms with Crippen molar-refractivity contribution >= 4 is 11.9 Å². The van der Waals surface area contributed by atoms with Crippen LogP contribution >= 0.6 is 0 Å². The highest BCUT2D eigenvalue weighted by molar-refractivity contribution is 5.69. The van der Waals surface area contributed by atoms with Crippen LogP contribution in [0.15, 0.2) is 18.7 Å². The lowest BCUT2D eigenvalue weighted by Gasteiger charge is -2.04. The van der Waals surface area contributed by atoms with E-state index in [0.29, 0.717) is 6.42 Å². The van der Waals surface area contributed by atoms with Crippen molar-refractivity contribution in [3.8, 4) is 0 Å². The SMILES string of the molecule is Cn1ccnc1CCOC(=O)Cn1cnc(N)n1. The first-order valence-corrected chi connectivity index (χ1v) is 5.42. The fraction of sp³-hybridized carbons (Fsp3) is 0.400. The second kappa shape index (κ2) is 5.30. The van der Waals surface area contributed by atoms with Crippen LogP contribution in [0.25, 0.3) is 0 Å². The molecule has 0 aromatic carbocycles. The Kier molecular flexibility index (Phi) is 3.56. The van der Waals surface area contributed by atoms with Crippen LogP contribution in [-0.2, 0) is 29.5 Å². The lowest BCUT2D eigenvalue weighted by atomic mass is 10.4. The first kappa shape index (κ1) is 12.1. The maximum absolute atomic E-state index is 11.5. The van der Waals surface area contributed by atoms with Crippen molar-refractivity contribution < 1.29 is 9.53 Å². The van der Waals surface area contributed by atoms with Gasteiger partial charge < -0.3 is 15.0 Å². The third-order valence-corrected chi connectivity index (χ3v) is 2.35. The van der Waals surface area contributed by atoms with E-state index in [4.69, 9.17) is 10.5 Å². The van der Waals surface area contributed by atoms with Crippen molar-refractivity contribution in [3.05, 3.63) is 24.5 Å². The van der Waals surface area contributed by atoms with E-state index in [1.807, 2.05) is 17.8 Å². The summed E-state index contributed by atoms with van der Waals surface area (Å²) in [6.45, 7) is 0.290. The van der Waals surface area contributed by atoms with E-state index in [9.17, 15) is 4.79 Å². The Morgan fingerprint density at radius 1 is 1.50 bits per heavy atom. The van der Waals surface area contributed by atoms with Crippen LogP contribution < -0.4 is 5.73 Å². The van der Waals surface area contributed by atoms with Gasteiger partial charge in [0.2, 0.25) is 5.95 Å². The molecular formula is C10H14N6O2. The smallest absolute Gasteiger partial charge is 0.327 e. The molecule has 0 unspecified atom stereocenters. The zero-order valence-corrected chi connectivity index (χ0v) is 9.98. The summed E-state index contributed by atoms with van der Waals surface area (Å²) in [7, 11) is 1.89. The van der Waals surface area contributed by atoms with E-state index in [0.717, 1.165) is 5.82 Å². The molecule has 2 heterocycles. The third kappa shape index (κ3) is 3.06. The molecule has 8 heteroatoms. The van der Waals surface area contributed by atoms with E-state index >= 15 is 0 Å². The maximum Gasteiger partial charge on any atom is 0.327 e. The number of ether oxygens (including phenoxy) is 1. The molecule has 2 rings (SSSR count). The Bertz CT molecular complexity index is 532. The number of nitrogen functional groups attached to an aromatic ring is 1. The summed E-state index contributed by atoms with van der Waals surface area (Å²) in [4.78, 5) is 19.3. The summed E-state index contributed by atoms with van der Waals surface area (Å²) in [5.41, 5.74) is 5.33. The number of rotatable bonds is 5. The number of nitrogens with two attached hydrogens (primary N) is 1. The average Bonchev–Trinajstić information content (AvgIpc) is 2.89. The highest BCUT2D eigenvalue weighted by Crippen LogP contribution is 1.97. The summed E-state index contributed by atoms with van der Waals surface area (Å²) >= 11 is 0. The Hall–Kier alpha value is -2.38. The Balaban J connectivity index is 1.74. The van der Waals surface area contributed by atoms with Gasteiger partial charge >= 0.3 is 5.97 Å². The molecule has 0 spiro atoms. The number of carbonyl (C=O) groups excluding carboxylic acids is 1. The molecule has 8 nitrogen and oxygen atoms in total. The van der Waals surface area contributed by atoms with Crippen LogP contribution in [-0.4, -0.2) is 36.9 Å². The van der Waals surface area contributed by atoms with Crippen molar-refractivity contribution in [2.45, 2.75) is 13.0 Å². The van der Waals surface area contributed by atoms with Gasteiger partial charge in [-0.25, -0.2) is 14.6 Å². The lowest BCUT2D eigenvalue weighted by Crippen LogP contribution is -2.16. The van der Waals surface area contributed by atoms with Crippen molar-refractivity contribution in [1.82, 2.24) is 24.3 Å². The molecular weight excluding hydrogens is 236 g/mol. The minimum Gasteiger partial charge on any atom is -0.464 e. The second-order valence-corrected chi connectivity index (χ2v) is 3.73. The van der Waals surface area contributed by atoms with Gasteiger partial charge in [-0.3, -0.25) is 4.79 Å². The molecule has 0 fully saturated rings. The highest BCUT2D eigenvalue weighted by atomic mass is 16.5. The van der Waals surface area contributed by atoms with Crippen LogP contribution in [0.4, 0.5) is 5.95 Å². The summed E-state index contributed by atoms with van der Waals surface area (Å²) in [5, 5.41) is 3.79. The van der Waals surface area contributed by atoms with Crippen LogP contribution in [0.3, 0.4) is 0 Å². The predicted molar refractivity (Wildman–Crippen MR) is 62.3 cm³/mol. The molecule has 18 heavy (non-hydrogen) atoms. The summed E-state index contributed by atoms with van der Waals surface area (Å²) in [6.07, 6.45) is 5.51. The zero-order chi connectivity index (χ0) is 13.0. The molecule has 0 atom stereocenters. The Labute approximate surface area is 103 Å². The van der Waals surface area contributed by atoms with Crippen LogP contribution in [0.2, 0.25) is 0 Å². The minimum absolute atomic E-state index is 0.00473. The standard InChI is InChI=1S/C10H14N6O2/c1-15-4-3-12-8(15)2-5-18-9(17)6-16-7-13-10(11)14-16/h3-4,7H,2,5-6H2,1H3,(H2,11,14).